The molecule has 2 fully saturated rings. The molecule has 1 amide bonds. The average Bonchev–Trinajstić information content (AvgIpc) is 2.98. The van der Waals surface area contributed by atoms with Crippen molar-refractivity contribution in [2.45, 2.75) is 95.0 Å². The summed E-state index contributed by atoms with van der Waals surface area (Å²) in [4.78, 5) is 15.8. The maximum atomic E-state index is 13.5. The van der Waals surface area contributed by atoms with Crippen molar-refractivity contribution >= 4 is 33.2 Å². The van der Waals surface area contributed by atoms with E-state index in [1.54, 1.807) is 18.2 Å². The van der Waals surface area contributed by atoms with Crippen LogP contribution in [0.15, 0.2) is 36.4 Å². The Morgan fingerprint density at radius 2 is 1.71 bits per heavy atom. The molecule has 2 aliphatic carbocycles. The number of fused-ring (bicyclic) bond motifs is 4. The second-order valence-electron chi connectivity index (χ2n) is 12.8. The van der Waals surface area contributed by atoms with Gasteiger partial charge in [-0.25, -0.2) is 13.1 Å². The molecule has 0 spiro atoms. The highest BCUT2D eigenvalue weighted by molar-refractivity contribution is 7.90. The number of carbonyl (C=O) groups is 1. The van der Waals surface area contributed by atoms with Crippen molar-refractivity contribution in [1.29, 1.82) is 0 Å². The number of sulfonamides is 1. The van der Waals surface area contributed by atoms with Crippen LogP contribution in [0.4, 0.5) is 5.69 Å². The summed E-state index contributed by atoms with van der Waals surface area (Å²) in [5.41, 5.74) is 3.40. The summed E-state index contributed by atoms with van der Waals surface area (Å²) < 4.78 is 35.9. The van der Waals surface area contributed by atoms with Crippen LogP contribution in [-0.2, 0) is 23.1 Å². The third kappa shape index (κ3) is 6.46. The number of carbonyl (C=O) groups excluding carboxylic acids is 1. The first kappa shape index (κ1) is 29.8. The maximum Gasteiger partial charge on any atom is 0.264 e. The van der Waals surface area contributed by atoms with Crippen LogP contribution in [0.2, 0.25) is 5.02 Å². The second kappa shape index (κ2) is 12.7. The minimum atomic E-state index is -3.85. The fourth-order valence-corrected chi connectivity index (χ4v) is 9.65. The van der Waals surface area contributed by atoms with E-state index in [0.717, 1.165) is 88.5 Å². The molecule has 0 radical (unpaired) electrons. The number of nitrogens with one attached hydrogen (secondary N) is 1. The molecule has 42 heavy (non-hydrogen) atoms. The zero-order chi connectivity index (χ0) is 29.3. The van der Waals surface area contributed by atoms with Crippen molar-refractivity contribution in [1.82, 2.24) is 4.72 Å². The Labute approximate surface area is 255 Å². The van der Waals surface area contributed by atoms with Crippen molar-refractivity contribution in [3.8, 4) is 5.75 Å². The highest BCUT2D eigenvalue weighted by atomic mass is 35.5. The van der Waals surface area contributed by atoms with Gasteiger partial charge in [-0.3, -0.25) is 4.79 Å². The molecule has 2 aromatic carbocycles. The first-order valence-corrected chi connectivity index (χ1v) is 17.7. The van der Waals surface area contributed by atoms with Crippen LogP contribution < -0.4 is 14.4 Å². The predicted octanol–water partition coefficient (Wildman–Crippen LogP) is 6.25. The monoisotopic (exact) mass is 614 g/mol. The minimum Gasteiger partial charge on any atom is -0.487 e. The molecule has 2 aromatic rings. The molecule has 6 rings (SSSR count). The smallest absolute Gasteiger partial charge is 0.264 e. The number of rotatable bonds is 0. The molecule has 9 heteroatoms. The number of hydrogen-bond acceptors (Lipinski definition) is 6. The fourth-order valence-electron chi connectivity index (χ4n) is 7.67. The predicted molar refractivity (Wildman–Crippen MR) is 166 cm³/mol. The minimum absolute atomic E-state index is 0.00964. The summed E-state index contributed by atoms with van der Waals surface area (Å²) >= 11 is 6.32. The SMILES string of the molecule is O=C1NS(=O)(=O)[C@@H]2CCCCC2CCC[C@H](O)[C@@H]2CC[C@H]2CN2CCCCc3cc(Cl)ccc3COc3ccc1cc32. The first-order valence-electron chi connectivity index (χ1n) is 15.8. The van der Waals surface area contributed by atoms with Crippen LogP contribution in [0.25, 0.3) is 0 Å². The molecule has 1 unspecified atom stereocenters. The lowest BCUT2D eigenvalue weighted by Crippen LogP contribution is -2.45. The number of ether oxygens (including phenoxy) is 1. The van der Waals surface area contributed by atoms with Crippen LogP contribution in [0.1, 0.15) is 92.1 Å². The normalized spacial score (nSPS) is 30.2. The Morgan fingerprint density at radius 3 is 2.55 bits per heavy atom. The Bertz CT molecular complexity index is 1400. The standard InChI is InChI=1S/C33H43ClN2O5S/c34-27-14-11-26-21-41-31-16-13-24-19-29(31)36(17-4-3-7-23(26)18-27)20-25-12-15-28(25)30(37)9-5-8-22-6-1-2-10-32(22)42(39,40)35-33(24)38/h11,13-14,16,18-19,22,25,28,30,32,37H,1-10,12,15,17,20-21H2,(H,35,38)/t22?,25-,28+,30-,32+/m0/s1. The summed E-state index contributed by atoms with van der Waals surface area (Å²) in [6.07, 6.45) is 10.1. The molecule has 7 nitrogen and oxygen atoms in total. The maximum absolute atomic E-state index is 13.5. The molecule has 2 heterocycles. The van der Waals surface area contributed by atoms with Gasteiger partial charge < -0.3 is 14.7 Å². The first-order chi connectivity index (χ1) is 20.3. The van der Waals surface area contributed by atoms with Gasteiger partial charge in [0.2, 0.25) is 10.0 Å². The third-order valence-corrected chi connectivity index (χ3v) is 12.3. The quantitative estimate of drug-likeness (QED) is 0.364. The van der Waals surface area contributed by atoms with E-state index in [2.05, 4.69) is 9.62 Å². The van der Waals surface area contributed by atoms with Gasteiger partial charge in [-0.1, -0.05) is 36.9 Å². The van der Waals surface area contributed by atoms with E-state index in [1.165, 1.54) is 5.56 Å². The summed E-state index contributed by atoms with van der Waals surface area (Å²) in [6.45, 7) is 1.92. The number of aryl methyl sites for hydroxylation is 1. The van der Waals surface area contributed by atoms with Gasteiger partial charge in [0.25, 0.3) is 5.91 Å². The highest BCUT2D eigenvalue weighted by Gasteiger charge is 2.39. The van der Waals surface area contributed by atoms with E-state index >= 15 is 0 Å². The van der Waals surface area contributed by atoms with E-state index in [1.807, 2.05) is 18.2 Å². The van der Waals surface area contributed by atoms with E-state index in [-0.39, 0.29) is 17.9 Å². The van der Waals surface area contributed by atoms with Gasteiger partial charge >= 0.3 is 0 Å². The molecule has 4 aliphatic rings. The molecule has 5 atom stereocenters. The van der Waals surface area contributed by atoms with Crippen LogP contribution >= 0.6 is 11.6 Å². The molecule has 2 bridgehead atoms. The van der Waals surface area contributed by atoms with Crippen LogP contribution in [0, 0.1) is 17.8 Å². The number of anilines is 1. The molecule has 0 aromatic heterocycles. The summed E-state index contributed by atoms with van der Waals surface area (Å²) in [5, 5.41) is 11.4. The molecule has 2 N–H and O–H groups in total. The van der Waals surface area contributed by atoms with Crippen molar-refractivity contribution in [3.05, 3.63) is 58.1 Å². The summed E-state index contributed by atoms with van der Waals surface area (Å²) in [7, 11) is -3.85. The van der Waals surface area contributed by atoms with Crippen LogP contribution in [0.5, 0.6) is 5.75 Å². The molecule has 2 aliphatic heterocycles. The zero-order valence-electron chi connectivity index (χ0n) is 24.3. The van der Waals surface area contributed by atoms with Crippen molar-refractivity contribution in [2.75, 3.05) is 18.0 Å². The Morgan fingerprint density at radius 1 is 0.881 bits per heavy atom. The number of aliphatic hydroxyl groups excluding tert-OH is 1. The lowest BCUT2D eigenvalue weighted by molar-refractivity contribution is 0.00857. The Kier molecular flexibility index (Phi) is 9.04. The molecular weight excluding hydrogens is 572 g/mol. The van der Waals surface area contributed by atoms with Gasteiger partial charge in [-0.2, -0.15) is 0 Å². The van der Waals surface area contributed by atoms with Crippen molar-refractivity contribution in [3.63, 3.8) is 0 Å². The molecular formula is C33H43ClN2O5S. The third-order valence-electron chi connectivity index (χ3n) is 10.2. The number of amides is 1. The van der Waals surface area contributed by atoms with Crippen LogP contribution in [0.3, 0.4) is 0 Å². The Hall–Kier alpha value is -2.29. The average molecular weight is 615 g/mol. The number of nitrogens with zero attached hydrogens (tertiary/aromatic N) is 1. The van der Waals surface area contributed by atoms with E-state index in [4.69, 9.17) is 16.3 Å². The van der Waals surface area contributed by atoms with E-state index < -0.39 is 21.2 Å². The lowest BCUT2D eigenvalue weighted by atomic mass is 9.69. The topological polar surface area (TPSA) is 95.9 Å². The molecule has 228 valence electrons. The Balaban J connectivity index is 1.36. The number of aliphatic hydroxyl groups is 1. The van der Waals surface area contributed by atoms with Gasteiger partial charge in [0.1, 0.15) is 12.4 Å². The zero-order valence-corrected chi connectivity index (χ0v) is 25.8. The number of benzene rings is 2. The van der Waals surface area contributed by atoms with Gasteiger partial charge in [-0.05, 0) is 117 Å². The molecule has 0 saturated heterocycles. The van der Waals surface area contributed by atoms with Gasteiger partial charge in [0, 0.05) is 23.7 Å². The molecule has 2 saturated carbocycles. The van der Waals surface area contributed by atoms with Gasteiger partial charge in [0.15, 0.2) is 0 Å². The second-order valence-corrected chi connectivity index (χ2v) is 15.2. The van der Waals surface area contributed by atoms with Crippen LogP contribution in [-0.4, -0.2) is 43.9 Å². The fraction of sp³-hybridized carbons (Fsp3) is 0.606. The summed E-state index contributed by atoms with van der Waals surface area (Å²) in [5.74, 6) is 0.698. The lowest BCUT2D eigenvalue weighted by Gasteiger charge is -2.43. The highest BCUT2D eigenvalue weighted by Crippen LogP contribution is 2.42. The van der Waals surface area contributed by atoms with Crippen molar-refractivity contribution < 1.29 is 23.1 Å². The largest absolute Gasteiger partial charge is 0.487 e. The summed E-state index contributed by atoms with van der Waals surface area (Å²) in [6, 6.07) is 11.2. The van der Waals surface area contributed by atoms with E-state index in [0.29, 0.717) is 41.7 Å². The van der Waals surface area contributed by atoms with E-state index in [9.17, 15) is 18.3 Å². The van der Waals surface area contributed by atoms with Gasteiger partial charge in [-0.15, -0.1) is 0 Å². The van der Waals surface area contributed by atoms with Crippen molar-refractivity contribution in [2.24, 2.45) is 17.8 Å². The van der Waals surface area contributed by atoms with Gasteiger partial charge in [0.05, 0.1) is 17.0 Å². The number of hydrogen-bond donors (Lipinski definition) is 2. The number of halogens is 1.